The summed E-state index contributed by atoms with van der Waals surface area (Å²) in [5, 5.41) is 7.71. The summed E-state index contributed by atoms with van der Waals surface area (Å²) in [6, 6.07) is 31.4. The normalized spacial score (nSPS) is 11.4. The molecule has 37 heavy (non-hydrogen) atoms. The number of carbonyl (C=O) groups is 1. The van der Waals surface area contributed by atoms with Crippen molar-refractivity contribution in [2.75, 3.05) is 12.0 Å². The van der Waals surface area contributed by atoms with Crippen molar-refractivity contribution in [2.45, 2.75) is 19.2 Å². The van der Waals surface area contributed by atoms with Crippen molar-refractivity contribution in [2.24, 2.45) is 11.5 Å². The molecule has 0 bridgehead atoms. The summed E-state index contributed by atoms with van der Waals surface area (Å²) < 4.78 is 11.6. The van der Waals surface area contributed by atoms with Crippen molar-refractivity contribution in [3.8, 4) is 11.5 Å². The highest BCUT2D eigenvalue weighted by Crippen LogP contribution is 2.34. The summed E-state index contributed by atoms with van der Waals surface area (Å²) >= 11 is 0. The van der Waals surface area contributed by atoms with Crippen LogP contribution in [-0.4, -0.2) is 18.9 Å². The van der Waals surface area contributed by atoms with E-state index in [1.165, 1.54) is 0 Å². The topological polar surface area (TPSA) is 115 Å². The average Bonchev–Trinajstić information content (AvgIpc) is 2.92. The first kappa shape index (κ1) is 25.3. The second-order valence-corrected chi connectivity index (χ2v) is 8.60. The van der Waals surface area contributed by atoms with Crippen LogP contribution >= 0.6 is 0 Å². The van der Waals surface area contributed by atoms with Gasteiger partial charge in [-0.1, -0.05) is 60.7 Å². The van der Waals surface area contributed by atoms with Gasteiger partial charge in [0.2, 0.25) is 5.91 Å². The molecule has 4 aromatic rings. The van der Waals surface area contributed by atoms with Crippen molar-refractivity contribution < 1.29 is 14.3 Å². The number of primary amides is 1. The highest BCUT2D eigenvalue weighted by Gasteiger charge is 2.28. The molecule has 1 unspecified atom stereocenters. The van der Waals surface area contributed by atoms with Crippen LogP contribution in [0.2, 0.25) is 0 Å². The first-order chi connectivity index (χ1) is 17.9. The highest BCUT2D eigenvalue weighted by molar-refractivity contribution is 5.95. The van der Waals surface area contributed by atoms with Crippen LogP contribution in [0.5, 0.6) is 11.5 Å². The number of nitrogens with one attached hydrogen (secondary N) is 1. The van der Waals surface area contributed by atoms with Gasteiger partial charge in [0.1, 0.15) is 30.0 Å². The molecule has 0 saturated carbocycles. The van der Waals surface area contributed by atoms with E-state index in [1.807, 2.05) is 83.8 Å². The highest BCUT2D eigenvalue weighted by atomic mass is 16.5. The number of amidine groups is 1. The number of nitrogens with two attached hydrogens (primary N) is 2. The van der Waals surface area contributed by atoms with E-state index in [0.717, 1.165) is 16.8 Å². The third-order valence-electron chi connectivity index (χ3n) is 5.99. The van der Waals surface area contributed by atoms with E-state index >= 15 is 0 Å². The molecule has 0 heterocycles. The maximum absolute atomic E-state index is 13.0. The van der Waals surface area contributed by atoms with Gasteiger partial charge in [-0.05, 0) is 53.1 Å². The zero-order chi connectivity index (χ0) is 26.2. The van der Waals surface area contributed by atoms with Gasteiger partial charge in [-0.2, -0.15) is 0 Å². The van der Waals surface area contributed by atoms with Gasteiger partial charge in [-0.3, -0.25) is 10.2 Å². The molecule has 0 radical (unpaired) electrons. The summed E-state index contributed by atoms with van der Waals surface area (Å²) in [6.45, 7) is 0.792. The minimum absolute atomic E-state index is 0.0272. The van der Waals surface area contributed by atoms with Gasteiger partial charge in [0.05, 0.1) is 7.11 Å². The minimum Gasteiger partial charge on any atom is -0.497 e. The van der Waals surface area contributed by atoms with E-state index in [2.05, 4.69) is 0 Å². The van der Waals surface area contributed by atoms with Gasteiger partial charge in [0, 0.05) is 23.9 Å². The number of benzene rings is 4. The summed E-state index contributed by atoms with van der Waals surface area (Å²) in [6.07, 6.45) is 0. The van der Waals surface area contributed by atoms with Crippen LogP contribution in [-0.2, 0) is 17.9 Å². The number of methoxy groups -OCH3 is 1. The molecule has 0 aliphatic heterocycles. The molecule has 0 aliphatic carbocycles. The SMILES string of the molecule is COc1cc(OCc2ccccc2)cc(C(C(N)=O)N(Cc2ccccc2)c2ccc(C(=N)N)cc2)c1. The summed E-state index contributed by atoms with van der Waals surface area (Å²) in [7, 11) is 1.57. The van der Waals surface area contributed by atoms with Crippen LogP contribution < -0.4 is 25.8 Å². The fraction of sp³-hybridized carbons (Fsp3) is 0.133. The lowest BCUT2D eigenvalue weighted by atomic mass is 10.0. The van der Waals surface area contributed by atoms with Crippen LogP contribution in [0.3, 0.4) is 0 Å². The predicted octanol–water partition coefficient (Wildman–Crippen LogP) is 4.79. The minimum atomic E-state index is -0.822. The fourth-order valence-electron chi connectivity index (χ4n) is 4.14. The Hall–Kier alpha value is -4.78. The van der Waals surface area contributed by atoms with E-state index in [0.29, 0.717) is 35.8 Å². The van der Waals surface area contributed by atoms with Crippen LogP contribution in [0.25, 0.3) is 0 Å². The number of ether oxygens (including phenoxy) is 2. The lowest BCUT2D eigenvalue weighted by Crippen LogP contribution is -2.37. The van der Waals surface area contributed by atoms with E-state index in [1.54, 1.807) is 31.4 Å². The van der Waals surface area contributed by atoms with Gasteiger partial charge >= 0.3 is 0 Å². The maximum atomic E-state index is 13.0. The molecular formula is C30H30N4O3. The monoisotopic (exact) mass is 494 g/mol. The van der Waals surface area contributed by atoms with Crippen LogP contribution in [0, 0.1) is 5.41 Å². The number of nitrogen functional groups attached to an aromatic ring is 1. The smallest absolute Gasteiger partial charge is 0.244 e. The van der Waals surface area contributed by atoms with E-state index < -0.39 is 11.9 Å². The Bertz CT molecular complexity index is 1340. The van der Waals surface area contributed by atoms with Gasteiger partial charge in [-0.25, -0.2) is 0 Å². The number of anilines is 1. The Kier molecular flexibility index (Phi) is 8.05. The quantitative estimate of drug-likeness (QED) is 0.205. The van der Waals surface area contributed by atoms with Gasteiger partial charge < -0.3 is 25.8 Å². The Labute approximate surface area is 216 Å². The zero-order valence-corrected chi connectivity index (χ0v) is 20.6. The van der Waals surface area contributed by atoms with Crippen molar-refractivity contribution in [3.63, 3.8) is 0 Å². The molecule has 1 atom stereocenters. The standard InChI is InChI=1S/C30H30N4O3/c1-36-26-16-24(17-27(18-26)37-20-22-10-6-3-7-11-22)28(30(33)35)34(19-21-8-4-2-5-9-21)25-14-12-23(13-15-25)29(31)32/h2-18,28H,19-20H2,1H3,(H3,31,32)(H2,33,35). The van der Waals surface area contributed by atoms with Gasteiger partial charge in [0.15, 0.2) is 0 Å². The molecule has 0 saturated heterocycles. The molecular weight excluding hydrogens is 464 g/mol. The number of nitrogens with zero attached hydrogens (tertiary/aromatic N) is 1. The second kappa shape index (κ2) is 11.8. The summed E-state index contributed by atoms with van der Waals surface area (Å²) in [4.78, 5) is 14.9. The maximum Gasteiger partial charge on any atom is 0.244 e. The molecule has 0 aliphatic rings. The number of hydrogen-bond donors (Lipinski definition) is 3. The van der Waals surface area contributed by atoms with Crippen molar-refractivity contribution in [1.82, 2.24) is 0 Å². The Balaban J connectivity index is 1.74. The molecule has 4 aromatic carbocycles. The number of rotatable bonds is 11. The average molecular weight is 495 g/mol. The molecule has 4 rings (SSSR count). The fourth-order valence-corrected chi connectivity index (χ4v) is 4.14. The lowest BCUT2D eigenvalue weighted by Gasteiger charge is -2.33. The molecule has 7 heteroatoms. The Morgan fingerprint density at radius 1 is 0.838 bits per heavy atom. The van der Waals surface area contributed by atoms with Crippen molar-refractivity contribution in [3.05, 3.63) is 125 Å². The van der Waals surface area contributed by atoms with E-state index in [9.17, 15) is 4.79 Å². The molecule has 1 amide bonds. The van der Waals surface area contributed by atoms with Gasteiger partial charge in [-0.15, -0.1) is 0 Å². The summed E-state index contributed by atoms with van der Waals surface area (Å²) in [5.41, 5.74) is 15.7. The third-order valence-corrected chi connectivity index (χ3v) is 5.99. The largest absolute Gasteiger partial charge is 0.497 e. The van der Waals surface area contributed by atoms with E-state index in [4.69, 9.17) is 26.4 Å². The molecule has 0 aromatic heterocycles. The first-order valence-electron chi connectivity index (χ1n) is 11.8. The third kappa shape index (κ3) is 6.46. The zero-order valence-electron chi connectivity index (χ0n) is 20.6. The molecule has 188 valence electrons. The molecule has 5 N–H and O–H groups in total. The number of hydrogen-bond acceptors (Lipinski definition) is 5. The molecule has 0 spiro atoms. The van der Waals surface area contributed by atoms with Crippen molar-refractivity contribution >= 4 is 17.4 Å². The predicted molar refractivity (Wildman–Crippen MR) is 146 cm³/mol. The Morgan fingerprint density at radius 2 is 1.43 bits per heavy atom. The number of carbonyl (C=O) groups excluding carboxylic acids is 1. The van der Waals surface area contributed by atoms with Crippen LogP contribution in [0.4, 0.5) is 5.69 Å². The lowest BCUT2D eigenvalue weighted by molar-refractivity contribution is -0.119. The van der Waals surface area contributed by atoms with Crippen molar-refractivity contribution in [1.29, 1.82) is 5.41 Å². The molecule has 0 fully saturated rings. The Morgan fingerprint density at radius 3 is 2.00 bits per heavy atom. The van der Waals surface area contributed by atoms with Crippen LogP contribution in [0.1, 0.15) is 28.3 Å². The van der Waals surface area contributed by atoms with Gasteiger partial charge in [0.25, 0.3) is 0 Å². The summed E-state index contributed by atoms with van der Waals surface area (Å²) in [5.74, 6) is 0.573. The van der Waals surface area contributed by atoms with Crippen LogP contribution in [0.15, 0.2) is 103 Å². The molecule has 7 nitrogen and oxygen atoms in total. The number of amides is 1. The van der Waals surface area contributed by atoms with E-state index in [-0.39, 0.29) is 5.84 Å². The first-order valence-corrected chi connectivity index (χ1v) is 11.8. The second-order valence-electron chi connectivity index (χ2n) is 8.60.